The van der Waals surface area contributed by atoms with Crippen molar-refractivity contribution in [2.75, 3.05) is 19.6 Å². The molecule has 7 heteroatoms. The van der Waals surface area contributed by atoms with Gasteiger partial charge in [-0.2, -0.15) is 0 Å². The molecule has 4 bridgehead atoms. The van der Waals surface area contributed by atoms with E-state index >= 15 is 0 Å². The summed E-state index contributed by atoms with van der Waals surface area (Å²) in [5, 5.41) is 12.6. The molecule has 2 N–H and O–H groups in total. The number of piperidine rings is 1. The Kier molecular flexibility index (Phi) is 5.86. The van der Waals surface area contributed by atoms with Gasteiger partial charge in [-0.25, -0.2) is 4.79 Å². The van der Waals surface area contributed by atoms with Crippen LogP contribution < -0.4 is 5.32 Å². The van der Waals surface area contributed by atoms with Gasteiger partial charge >= 0.3 is 11.9 Å². The maximum atomic E-state index is 13.9. The Morgan fingerprint density at radius 1 is 0.971 bits per heavy atom. The first kappa shape index (κ1) is 23.0. The average Bonchev–Trinajstić information content (AvgIpc) is 2.84. The number of rotatable bonds is 5. The molecule has 4 saturated carbocycles. The van der Waals surface area contributed by atoms with Crippen molar-refractivity contribution in [3.8, 4) is 0 Å². The van der Waals surface area contributed by atoms with Gasteiger partial charge in [-0.1, -0.05) is 24.3 Å². The molecule has 1 amide bonds. The first-order chi connectivity index (χ1) is 16.9. The number of aliphatic carboxylic acids is 1. The van der Waals surface area contributed by atoms with Gasteiger partial charge in [-0.3, -0.25) is 9.59 Å². The van der Waals surface area contributed by atoms with E-state index in [9.17, 15) is 19.5 Å². The molecule has 7 rings (SSSR count). The molecule has 4 aliphatic carbocycles. The zero-order valence-corrected chi connectivity index (χ0v) is 20.3. The quantitative estimate of drug-likeness (QED) is 0.627. The summed E-state index contributed by atoms with van der Waals surface area (Å²) >= 11 is 0. The van der Waals surface area contributed by atoms with E-state index in [1.807, 2.05) is 18.2 Å². The van der Waals surface area contributed by atoms with E-state index < -0.39 is 12.0 Å². The van der Waals surface area contributed by atoms with Crippen LogP contribution in [0.1, 0.15) is 75.0 Å². The zero-order valence-electron chi connectivity index (χ0n) is 20.3. The molecule has 1 aromatic carbocycles. The molecule has 1 spiro atoms. The van der Waals surface area contributed by atoms with Crippen LogP contribution in [0.3, 0.4) is 0 Å². The van der Waals surface area contributed by atoms with Crippen LogP contribution in [0.5, 0.6) is 0 Å². The Bertz CT molecular complexity index is 988. The van der Waals surface area contributed by atoms with Gasteiger partial charge in [0, 0.05) is 18.4 Å². The van der Waals surface area contributed by atoms with Gasteiger partial charge in [-0.05, 0) is 92.8 Å². The predicted octanol–water partition coefficient (Wildman–Crippen LogP) is 3.42. The highest BCUT2D eigenvalue weighted by atomic mass is 16.5. The second-order valence-corrected chi connectivity index (χ2v) is 11.8. The summed E-state index contributed by atoms with van der Waals surface area (Å²) < 4.78 is 6.34. The Balaban J connectivity index is 1.32. The molecule has 2 aliphatic heterocycles. The molecular weight excluding hydrogens is 444 g/mol. The van der Waals surface area contributed by atoms with E-state index in [4.69, 9.17) is 4.74 Å². The number of carbonyl (C=O) groups is 3. The monoisotopic (exact) mass is 480 g/mol. The number of fused-ring (bicyclic) bond motifs is 2. The minimum Gasteiger partial charge on any atom is -0.481 e. The van der Waals surface area contributed by atoms with E-state index in [2.05, 4.69) is 11.4 Å². The fraction of sp³-hybridized carbons (Fsp3) is 0.679. The molecule has 2 heterocycles. The topological polar surface area (TPSA) is 95.9 Å². The summed E-state index contributed by atoms with van der Waals surface area (Å²) in [5.41, 5.74) is 1.79. The SMILES string of the molecule is O=C(O)CCC(=O)N1CC2(CCNCC2)c2ccccc2C1C(=O)OC1C2CC3CC(C2)CC1C3. The first-order valence-electron chi connectivity index (χ1n) is 13.5. The van der Waals surface area contributed by atoms with Gasteiger partial charge in [0.15, 0.2) is 6.04 Å². The summed E-state index contributed by atoms with van der Waals surface area (Å²) in [6, 6.07) is 7.24. The fourth-order valence-electron chi connectivity index (χ4n) is 8.33. The van der Waals surface area contributed by atoms with Crippen molar-refractivity contribution >= 4 is 17.8 Å². The van der Waals surface area contributed by atoms with Gasteiger partial charge in [0.1, 0.15) is 6.10 Å². The van der Waals surface area contributed by atoms with Crippen LogP contribution in [-0.4, -0.2) is 53.6 Å². The van der Waals surface area contributed by atoms with Gasteiger partial charge in [0.25, 0.3) is 0 Å². The molecule has 188 valence electrons. The number of amides is 1. The normalized spacial score (nSPS) is 34.5. The zero-order chi connectivity index (χ0) is 24.2. The number of hydrogen-bond acceptors (Lipinski definition) is 5. The lowest BCUT2D eigenvalue weighted by atomic mass is 9.55. The van der Waals surface area contributed by atoms with E-state index in [0.717, 1.165) is 74.6 Å². The Hall–Kier alpha value is -2.41. The standard InChI is InChI=1S/C28H36N2O5/c31-23(5-6-24(32)33)30-16-28(7-9-29-10-8-28)22-4-2-1-3-21(22)25(30)27(34)35-26-19-12-17-11-18(14-19)15-20(26)13-17/h1-4,17-20,25-26,29H,5-16H2,(H,32,33). The molecule has 0 radical (unpaired) electrons. The van der Waals surface area contributed by atoms with Crippen molar-refractivity contribution in [1.29, 1.82) is 0 Å². The number of nitrogens with zero attached hydrogens (tertiary/aromatic N) is 1. The average molecular weight is 481 g/mol. The number of carboxylic acids is 1. The number of carbonyl (C=O) groups excluding carboxylic acids is 2. The largest absolute Gasteiger partial charge is 0.481 e. The maximum Gasteiger partial charge on any atom is 0.333 e. The van der Waals surface area contributed by atoms with Crippen molar-refractivity contribution in [3.63, 3.8) is 0 Å². The third-order valence-electron chi connectivity index (χ3n) is 9.66. The van der Waals surface area contributed by atoms with Crippen molar-refractivity contribution < 1.29 is 24.2 Å². The molecule has 7 nitrogen and oxygen atoms in total. The third-order valence-corrected chi connectivity index (χ3v) is 9.66. The summed E-state index contributed by atoms with van der Waals surface area (Å²) in [5.74, 6) is 0.865. The Labute approximate surface area is 206 Å². The van der Waals surface area contributed by atoms with Crippen LogP contribution in [0.4, 0.5) is 0 Å². The predicted molar refractivity (Wildman–Crippen MR) is 128 cm³/mol. The lowest BCUT2D eigenvalue weighted by Crippen LogP contribution is -2.56. The highest BCUT2D eigenvalue weighted by molar-refractivity contribution is 5.88. The van der Waals surface area contributed by atoms with Crippen molar-refractivity contribution in [2.45, 2.75) is 75.3 Å². The molecule has 1 saturated heterocycles. The number of benzene rings is 1. The number of esters is 1. The lowest BCUT2D eigenvalue weighted by molar-refractivity contribution is -0.179. The van der Waals surface area contributed by atoms with E-state index in [1.54, 1.807) is 4.90 Å². The molecule has 1 unspecified atom stereocenters. The van der Waals surface area contributed by atoms with Gasteiger partial charge in [-0.15, -0.1) is 0 Å². The molecule has 5 fully saturated rings. The number of ether oxygens (including phenoxy) is 1. The van der Waals surface area contributed by atoms with Crippen LogP contribution >= 0.6 is 0 Å². The molecule has 1 atom stereocenters. The summed E-state index contributed by atoms with van der Waals surface area (Å²) in [6.45, 7) is 2.15. The highest BCUT2D eigenvalue weighted by Crippen LogP contribution is 2.55. The Morgan fingerprint density at radius 2 is 1.63 bits per heavy atom. The minimum absolute atomic E-state index is 0.0480. The van der Waals surface area contributed by atoms with Gasteiger partial charge < -0.3 is 20.1 Å². The van der Waals surface area contributed by atoms with Gasteiger partial charge in [0.05, 0.1) is 6.42 Å². The maximum absolute atomic E-state index is 13.9. The Morgan fingerprint density at radius 3 is 2.29 bits per heavy atom. The molecule has 1 aromatic rings. The molecule has 6 aliphatic rings. The second-order valence-electron chi connectivity index (χ2n) is 11.8. The molecule has 35 heavy (non-hydrogen) atoms. The number of hydrogen-bond donors (Lipinski definition) is 2. The fourth-order valence-corrected chi connectivity index (χ4v) is 8.33. The van der Waals surface area contributed by atoms with E-state index in [1.165, 1.54) is 6.42 Å². The first-order valence-corrected chi connectivity index (χ1v) is 13.5. The smallest absolute Gasteiger partial charge is 0.333 e. The van der Waals surface area contributed by atoms with E-state index in [0.29, 0.717) is 18.4 Å². The minimum atomic E-state index is -1.000. The van der Waals surface area contributed by atoms with Crippen molar-refractivity contribution in [3.05, 3.63) is 35.4 Å². The highest BCUT2D eigenvalue weighted by Gasteiger charge is 2.52. The van der Waals surface area contributed by atoms with Gasteiger partial charge in [0.2, 0.25) is 5.91 Å². The molecule has 0 aromatic heterocycles. The van der Waals surface area contributed by atoms with Crippen LogP contribution in [0.2, 0.25) is 0 Å². The number of carboxylic acid groups (broad SMARTS) is 1. The summed E-state index contributed by atoms with van der Waals surface area (Å²) in [7, 11) is 0. The number of nitrogens with one attached hydrogen (secondary N) is 1. The van der Waals surface area contributed by atoms with Crippen molar-refractivity contribution in [1.82, 2.24) is 10.2 Å². The van der Waals surface area contributed by atoms with Crippen molar-refractivity contribution in [2.24, 2.45) is 23.7 Å². The van der Waals surface area contributed by atoms with Crippen LogP contribution in [0, 0.1) is 23.7 Å². The molecular formula is C28H36N2O5. The lowest BCUT2D eigenvalue weighted by Gasteiger charge is -2.54. The van der Waals surface area contributed by atoms with E-state index in [-0.39, 0.29) is 36.2 Å². The van der Waals surface area contributed by atoms with Crippen LogP contribution in [0.25, 0.3) is 0 Å². The summed E-state index contributed by atoms with van der Waals surface area (Å²) in [4.78, 5) is 40.3. The second kappa shape index (κ2) is 8.91. The van der Waals surface area contributed by atoms with Crippen LogP contribution in [0.15, 0.2) is 24.3 Å². The third kappa shape index (κ3) is 4.05. The summed E-state index contributed by atoms with van der Waals surface area (Å²) in [6.07, 6.45) is 7.34. The van der Waals surface area contributed by atoms with Crippen LogP contribution in [-0.2, 0) is 24.5 Å².